The van der Waals surface area contributed by atoms with E-state index in [0.29, 0.717) is 17.3 Å². The van der Waals surface area contributed by atoms with Crippen LogP contribution in [0.3, 0.4) is 0 Å². The Bertz CT molecular complexity index is 304. The molecule has 0 aromatic heterocycles. The van der Waals surface area contributed by atoms with E-state index in [1.165, 1.54) is 0 Å². The summed E-state index contributed by atoms with van der Waals surface area (Å²) in [6.45, 7) is 3.49. The second-order valence-electron chi connectivity index (χ2n) is 3.01. The van der Waals surface area contributed by atoms with E-state index in [1.54, 1.807) is 12.1 Å². The van der Waals surface area contributed by atoms with Crippen molar-refractivity contribution in [2.45, 2.75) is 6.92 Å². The Kier molecular flexibility index (Phi) is 4.04. The van der Waals surface area contributed by atoms with Crippen molar-refractivity contribution in [2.75, 3.05) is 30.3 Å². The lowest BCUT2D eigenvalue weighted by Crippen LogP contribution is -2.26. The number of nitrogens with two attached hydrogens (primary N) is 1. The van der Waals surface area contributed by atoms with Gasteiger partial charge in [0.1, 0.15) is 0 Å². The summed E-state index contributed by atoms with van der Waals surface area (Å²) in [4.78, 5) is 1.99. The maximum atomic E-state index is 8.87. The van der Waals surface area contributed by atoms with Gasteiger partial charge < -0.3 is 15.7 Å². The molecular weight excluding hydrogens is 200 g/mol. The van der Waals surface area contributed by atoms with E-state index < -0.39 is 0 Å². The summed E-state index contributed by atoms with van der Waals surface area (Å²) in [6, 6.07) is 5.35. The number of anilines is 2. The first-order chi connectivity index (χ1) is 6.69. The molecule has 0 saturated carbocycles. The van der Waals surface area contributed by atoms with Crippen LogP contribution in [0.1, 0.15) is 6.92 Å². The van der Waals surface area contributed by atoms with Crippen molar-refractivity contribution in [1.29, 1.82) is 0 Å². The van der Waals surface area contributed by atoms with Crippen molar-refractivity contribution >= 4 is 23.0 Å². The Hall–Kier alpha value is -0.930. The number of aliphatic hydroxyl groups is 1. The molecule has 4 heteroatoms. The van der Waals surface area contributed by atoms with E-state index in [1.807, 2.05) is 17.9 Å². The lowest BCUT2D eigenvalue weighted by molar-refractivity contribution is 0.302. The number of rotatable bonds is 4. The highest BCUT2D eigenvalue weighted by Gasteiger charge is 2.07. The van der Waals surface area contributed by atoms with Crippen molar-refractivity contribution in [3.05, 3.63) is 23.2 Å². The summed E-state index contributed by atoms with van der Waals surface area (Å²) < 4.78 is 0. The third-order valence-corrected chi connectivity index (χ3v) is 2.32. The molecule has 0 heterocycles. The molecule has 1 aromatic carbocycles. The quantitative estimate of drug-likeness (QED) is 0.751. The van der Waals surface area contributed by atoms with Crippen molar-refractivity contribution in [3.63, 3.8) is 0 Å². The Morgan fingerprint density at radius 3 is 2.79 bits per heavy atom. The molecule has 1 aromatic rings. The minimum atomic E-state index is 0.111. The predicted molar refractivity (Wildman–Crippen MR) is 60.8 cm³/mol. The van der Waals surface area contributed by atoms with Crippen LogP contribution in [0.4, 0.5) is 11.4 Å². The largest absolute Gasteiger partial charge is 0.397 e. The Morgan fingerprint density at radius 2 is 2.21 bits per heavy atom. The van der Waals surface area contributed by atoms with Crippen LogP contribution in [0.5, 0.6) is 0 Å². The van der Waals surface area contributed by atoms with Crippen LogP contribution in [-0.2, 0) is 0 Å². The zero-order chi connectivity index (χ0) is 10.6. The first-order valence-corrected chi connectivity index (χ1v) is 4.97. The second-order valence-corrected chi connectivity index (χ2v) is 3.44. The molecule has 0 aliphatic rings. The van der Waals surface area contributed by atoms with Crippen LogP contribution in [-0.4, -0.2) is 24.8 Å². The fraction of sp³-hybridized carbons (Fsp3) is 0.400. The van der Waals surface area contributed by atoms with Gasteiger partial charge in [-0.25, -0.2) is 0 Å². The van der Waals surface area contributed by atoms with Crippen molar-refractivity contribution in [2.24, 2.45) is 0 Å². The summed E-state index contributed by atoms with van der Waals surface area (Å²) >= 11 is 5.87. The minimum absolute atomic E-state index is 0.111. The molecular formula is C10H15ClN2O. The number of halogens is 1. The molecule has 0 aliphatic heterocycles. The van der Waals surface area contributed by atoms with E-state index in [-0.39, 0.29) is 6.61 Å². The van der Waals surface area contributed by atoms with Gasteiger partial charge in [-0.1, -0.05) is 11.6 Å². The van der Waals surface area contributed by atoms with E-state index in [0.717, 1.165) is 12.2 Å². The zero-order valence-corrected chi connectivity index (χ0v) is 8.96. The van der Waals surface area contributed by atoms with Gasteiger partial charge in [-0.15, -0.1) is 0 Å². The highest BCUT2D eigenvalue weighted by atomic mass is 35.5. The average molecular weight is 215 g/mol. The molecule has 0 aliphatic carbocycles. The highest BCUT2D eigenvalue weighted by Crippen LogP contribution is 2.26. The Morgan fingerprint density at radius 1 is 1.50 bits per heavy atom. The molecule has 0 saturated heterocycles. The van der Waals surface area contributed by atoms with Gasteiger partial charge in [0.05, 0.1) is 18.0 Å². The molecule has 3 nitrogen and oxygen atoms in total. The minimum Gasteiger partial charge on any atom is -0.397 e. The van der Waals surface area contributed by atoms with Gasteiger partial charge in [-0.2, -0.15) is 0 Å². The summed E-state index contributed by atoms with van der Waals surface area (Å²) in [5, 5.41) is 9.53. The third kappa shape index (κ3) is 2.53. The van der Waals surface area contributed by atoms with Crippen LogP contribution >= 0.6 is 11.6 Å². The smallest absolute Gasteiger partial charge is 0.0615 e. The van der Waals surface area contributed by atoms with Gasteiger partial charge in [0.25, 0.3) is 0 Å². The number of benzene rings is 1. The maximum Gasteiger partial charge on any atom is 0.0615 e. The number of hydrogen-bond acceptors (Lipinski definition) is 3. The van der Waals surface area contributed by atoms with Gasteiger partial charge in [-0.3, -0.25) is 0 Å². The molecule has 0 unspecified atom stereocenters. The number of nitrogens with zero attached hydrogens (tertiary/aromatic N) is 1. The fourth-order valence-electron chi connectivity index (χ4n) is 1.36. The lowest BCUT2D eigenvalue weighted by atomic mass is 10.2. The van der Waals surface area contributed by atoms with E-state index >= 15 is 0 Å². The summed E-state index contributed by atoms with van der Waals surface area (Å²) in [6.07, 6.45) is 0. The Balaban J connectivity index is 2.96. The number of nitrogen functional groups attached to an aromatic ring is 1. The average Bonchev–Trinajstić information content (AvgIpc) is 2.18. The highest BCUT2D eigenvalue weighted by molar-refractivity contribution is 6.31. The van der Waals surface area contributed by atoms with E-state index in [4.69, 9.17) is 22.4 Å². The predicted octanol–water partition coefficient (Wildman–Crippen LogP) is 1.74. The van der Waals surface area contributed by atoms with E-state index in [2.05, 4.69) is 0 Å². The van der Waals surface area contributed by atoms with Gasteiger partial charge in [-0.05, 0) is 25.1 Å². The topological polar surface area (TPSA) is 49.5 Å². The normalized spacial score (nSPS) is 10.2. The molecule has 0 fully saturated rings. The van der Waals surface area contributed by atoms with Gasteiger partial charge in [0.15, 0.2) is 0 Å². The molecule has 78 valence electrons. The molecule has 0 spiro atoms. The zero-order valence-electron chi connectivity index (χ0n) is 8.20. The first kappa shape index (κ1) is 11.1. The lowest BCUT2D eigenvalue weighted by Gasteiger charge is -2.23. The number of hydrogen-bond donors (Lipinski definition) is 2. The second kappa shape index (κ2) is 5.08. The van der Waals surface area contributed by atoms with Crippen LogP contribution < -0.4 is 10.6 Å². The molecule has 0 radical (unpaired) electrons. The van der Waals surface area contributed by atoms with Crippen LogP contribution in [0.15, 0.2) is 18.2 Å². The van der Waals surface area contributed by atoms with Crippen LogP contribution in [0, 0.1) is 0 Å². The van der Waals surface area contributed by atoms with Crippen LogP contribution in [0.2, 0.25) is 5.02 Å². The number of likely N-dealkylation sites (N-methyl/N-ethyl adjacent to an activating group) is 1. The molecule has 3 N–H and O–H groups in total. The van der Waals surface area contributed by atoms with E-state index in [9.17, 15) is 0 Å². The van der Waals surface area contributed by atoms with Crippen molar-refractivity contribution in [1.82, 2.24) is 0 Å². The van der Waals surface area contributed by atoms with Crippen LogP contribution in [0.25, 0.3) is 0 Å². The Labute approximate surface area is 89.1 Å². The van der Waals surface area contributed by atoms with Crippen molar-refractivity contribution < 1.29 is 5.11 Å². The molecule has 1 rings (SSSR count). The molecule has 0 amide bonds. The van der Waals surface area contributed by atoms with Crippen molar-refractivity contribution in [3.8, 4) is 0 Å². The van der Waals surface area contributed by atoms with Gasteiger partial charge in [0.2, 0.25) is 0 Å². The fourth-order valence-corrected chi connectivity index (χ4v) is 1.53. The maximum absolute atomic E-state index is 8.87. The molecule has 0 atom stereocenters. The summed E-state index contributed by atoms with van der Waals surface area (Å²) in [7, 11) is 0. The molecule has 14 heavy (non-hydrogen) atoms. The number of aliphatic hydroxyl groups excluding tert-OH is 1. The van der Waals surface area contributed by atoms with Gasteiger partial charge >= 0.3 is 0 Å². The monoisotopic (exact) mass is 214 g/mol. The van der Waals surface area contributed by atoms with Gasteiger partial charge in [0, 0.05) is 18.1 Å². The summed E-state index contributed by atoms with van der Waals surface area (Å²) in [5.41, 5.74) is 7.38. The standard InChI is InChI=1S/C10H15ClN2O/c1-2-13(5-6-14)10-7-8(11)3-4-9(10)12/h3-4,7,14H,2,5-6,12H2,1H3. The SMILES string of the molecule is CCN(CCO)c1cc(Cl)ccc1N. The first-order valence-electron chi connectivity index (χ1n) is 4.60. The third-order valence-electron chi connectivity index (χ3n) is 2.08. The summed E-state index contributed by atoms with van der Waals surface area (Å²) in [5.74, 6) is 0. The molecule has 0 bridgehead atoms.